The lowest BCUT2D eigenvalue weighted by atomic mass is 9.83. The van der Waals surface area contributed by atoms with Crippen LogP contribution in [-0.4, -0.2) is 29.3 Å². The fourth-order valence-corrected chi connectivity index (χ4v) is 5.81. The fourth-order valence-electron chi connectivity index (χ4n) is 5.81. The van der Waals surface area contributed by atoms with Crippen molar-refractivity contribution in [2.45, 2.75) is 57.5 Å². The van der Waals surface area contributed by atoms with E-state index in [2.05, 4.69) is 10.6 Å². The Morgan fingerprint density at radius 2 is 1.53 bits per heavy atom. The van der Waals surface area contributed by atoms with E-state index in [-0.39, 0.29) is 17.3 Å². The van der Waals surface area contributed by atoms with Crippen molar-refractivity contribution in [2.75, 3.05) is 17.2 Å². The number of hydrogen-bond acceptors (Lipinski definition) is 3. The van der Waals surface area contributed by atoms with Gasteiger partial charge in [-0.2, -0.15) is 0 Å². The molecule has 0 spiro atoms. The highest BCUT2D eigenvalue weighted by Gasteiger charge is 2.40. The summed E-state index contributed by atoms with van der Waals surface area (Å²) in [5, 5.41) is 6.47. The number of carbonyl (C=O) groups is 2. The van der Waals surface area contributed by atoms with Gasteiger partial charge in [0.25, 0.3) is 5.91 Å². The molecule has 0 unspecified atom stereocenters. The molecule has 5 nitrogen and oxygen atoms in total. The molecule has 2 fully saturated rings. The lowest BCUT2D eigenvalue weighted by Crippen LogP contribution is -2.46. The van der Waals surface area contributed by atoms with Gasteiger partial charge in [-0.05, 0) is 86.2 Å². The number of halogens is 2. The maximum atomic E-state index is 14.8. The third kappa shape index (κ3) is 5.57. The van der Waals surface area contributed by atoms with Gasteiger partial charge in [0.05, 0.1) is 17.5 Å². The summed E-state index contributed by atoms with van der Waals surface area (Å²) in [6.45, 7) is 2.14. The number of rotatable bonds is 6. The number of nitrogens with zero attached hydrogens (tertiary/aromatic N) is 1. The van der Waals surface area contributed by atoms with Gasteiger partial charge in [0.15, 0.2) is 0 Å². The van der Waals surface area contributed by atoms with Gasteiger partial charge in [-0.1, -0.05) is 37.1 Å². The predicted octanol–water partition coefficient (Wildman–Crippen LogP) is 6.86. The highest BCUT2D eigenvalue weighted by molar-refractivity contribution is 5.98. The van der Waals surface area contributed by atoms with Crippen molar-refractivity contribution in [3.05, 3.63) is 95.1 Å². The van der Waals surface area contributed by atoms with E-state index in [0.29, 0.717) is 36.7 Å². The Kier molecular flexibility index (Phi) is 7.72. The first-order chi connectivity index (χ1) is 18.4. The summed E-state index contributed by atoms with van der Waals surface area (Å²) in [6.07, 6.45) is 5.95. The normalized spacial score (nSPS) is 19.8. The largest absolute Gasteiger partial charge is 0.382 e. The molecule has 0 radical (unpaired) electrons. The molecule has 0 bridgehead atoms. The molecular formula is C31H33F2N3O2. The molecule has 0 aromatic heterocycles. The summed E-state index contributed by atoms with van der Waals surface area (Å²) in [4.78, 5) is 29.0. The molecular weight excluding hydrogens is 484 g/mol. The maximum absolute atomic E-state index is 14.8. The SMILES string of the molecule is Cc1cccc(F)c1C(=O)N1CCC[C@H](C(=O)Nc2ccc(F)cc2)[C@@H]1c1ccc(NC2CCCC2)cc1. The number of benzene rings is 3. The summed E-state index contributed by atoms with van der Waals surface area (Å²) >= 11 is 0. The Labute approximate surface area is 222 Å². The first kappa shape index (κ1) is 25.9. The monoisotopic (exact) mass is 517 g/mol. The Morgan fingerprint density at radius 3 is 2.21 bits per heavy atom. The Morgan fingerprint density at radius 1 is 0.842 bits per heavy atom. The minimum absolute atomic E-state index is 0.0385. The zero-order chi connectivity index (χ0) is 26.6. The van der Waals surface area contributed by atoms with Gasteiger partial charge >= 0.3 is 0 Å². The van der Waals surface area contributed by atoms with Crippen molar-refractivity contribution >= 4 is 23.2 Å². The van der Waals surface area contributed by atoms with E-state index >= 15 is 0 Å². The van der Waals surface area contributed by atoms with Crippen LogP contribution in [0.4, 0.5) is 20.2 Å². The highest BCUT2D eigenvalue weighted by Crippen LogP contribution is 2.39. The quantitative estimate of drug-likeness (QED) is 0.376. The standard InChI is InChI=1S/C31H33F2N3O2/c1-20-6-4-10-27(33)28(20)31(38)36-19-5-9-26(30(37)35-25-17-13-22(32)14-18-25)29(36)21-11-15-24(16-12-21)34-23-7-2-3-8-23/h4,6,10-18,23,26,29,34H,2-3,5,7-9,19H2,1H3,(H,35,37)/t26-,29-/m0/s1. The molecule has 5 rings (SSSR count). The first-order valence-corrected chi connectivity index (χ1v) is 13.4. The summed E-state index contributed by atoms with van der Waals surface area (Å²) in [7, 11) is 0. The van der Waals surface area contributed by atoms with Crippen LogP contribution in [0.2, 0.25) is 0 Å². The molecule has 1 saturated heterocycles. The van der Waals surface area contributed by atoms with E-state index in [0.717, 1.165) is 24.1 Å². The molecule has 2 aliphatic rings. The van der Waals surface area contributed by atoms with Crippen molar-refractivity contribution in [1.82, 2.24) is 4.90 Å². The van der Waals surface area contributed by atoms with E-state index < -0.39 is 23.7 Å². The summed E-state index contributed by atoms with van der Waals surface area (Å²) in [6, 6.07) is 18.0. The summed E-state index contributed by atoms with van der Waals surface area (Å²) < 4.78 is 28.2. The Hall–Kier alpha value is -3.74. The molecule has 1 aliphatic carbocycles. The molecule has 3 aromatic rings. The smallest absolute Gasteiger partial charge is 0.257 e. The van der Waals surface area contributed by atoms with E-state index in [4.69, 9.17) is 0 Å². The number of hydrogen-bond donors (Lipinski definition) is 2. The fraction of sp³-hybridized carbons (Fsp3) is 0.355. The zero-order valence-corrected chi connectivity index (χ0v) is 21.6. The molecule has 2 N–H and O–H groups in total. The van der Waals surface area contributed by atoms with Crippen molar-refractivity contribution in [1.29, 1.82) is 0 Å². The third-order valence-electron chi connectivity index (χ3n) is 7.75. The number of amides is 2. The number of carbonyl (C=O) groups excluding carboxylic acids is 2. The van der Waals surface area contributed by atoms with Gasteiger partial charge < -0.3 is 15.5 Å². The molecule has 7 heteroatoms. The minimum Gasteiger partial charge on any atom is -0.382 e. The number of nitrogens with one attached hydrogen (secondary N) is 2. The average molecular weight is 518 g/mol. The van der Waals surface area contributed by atoms with Crippen LogP contribution in [-0.2, 0) is 4.79 Å². The molecule has 38 heavy (non-hydrogen) atoms. The second kappa shape index (κ2) is 11.3. The third-order valence-corrected chi connectivity index (χ3v) is 7.75. The van der Waals surface area contributed by atoms with Gasteiger partial charge in [-0.25, -0.2) is 8.78 Å². The topological polar surface area (TPSA) is 61.4 Å². The molecule has 198 valence electrons. The Balaban J connectivity index is 1.47. The van der Waals surface area contributed by atoms with Crippen molar-refractivity contribution in [2.24, 2.45) is 5.92 Å². The van der Waals surface area contributed by atoms with E-state index in [9.17, 15) is 18.4 Å². The molecule has 1 saturated carbocycles. The second-order valence-electron chi connectivity index (χ2n) is 10.4. The number of likely N-dealkylation sites (tertiary alicyclic amines) is 1. The lowest BCUT2D eigenvalue weighted by molar-refractivity contribution is -0.123. The van der Waals surface area contributed by atoms with Gasteiger partial charge in [0, 0.05) is 24.0 Å². The summed E-state index contributed by atoms with van der Waals surface area (Å²) in [5.41, 5.74) is 2.91. The van der Waals surface area contributed by atoms with E-state index in [1.165, 1.54) is 43.2 Å². The zero-order valence-electron chi connectivity index (χ0n) is 21.6. The lowest BCUT2D eigenvalue weighted by Gasteiger charge is -2.41. The maximum Gasteiger partial charge on any atom is 0.257 e. The molecule has 2 atom stereocenters. The van der Waals surface area contributed by atoms with Gasteiger partial charge in [0.2, 0.25) is 5.91 Å². The molecule has 1 aliphatic heterocycles. The van der Waals surface area contributed by atoms with Gasteiger partial charge in [0.1, 0.15) is 11.6 Å². The highest BCUT2D eigenvalue weighted by atomic mass is 19.1. The predicted molar refractivity (Wildman–Crippen MR) is 145 cm³/mol. The van der Waals surface area contributed by atoms with Crippen LogP contribution in [0.25, 0.3) is 0 Å². The van der Waals surface area contributed by atoms with Crippen LogP contribution in [0.5, 0.6) is 0 Å². The van der Waals surface area contributed by atoms with Gasteiger partial charge in [-0.15, -0.1) is 0 Å². The van der Waals surface area contributed by atoms with Gasteiger partial charge in [-0.3, -0.25) is 9.59 Å². The molecule has 3 aromatic carbocycles. The van der Waals surface area contributed by atoms with E-state index in [1.807, 2.05) is 24.3 Å². The van der Waals surface area contributed by atoms with Crippen LogP contribution in [0.1, 0.15) is 66.1 Å². The number of piperidine rings is 1. The second-order valence-corrected chi connectivity index (χ2v) is 10.4. The van der Waals surface area contributed by atoms with Crippen molar-refractivity contribution < 1.29 is 18.4 Å². The van der Waals surface area contributed by atoms with Crippen LogP contribution < -0.4 is 10.6 Å². The van der Waals surface area contributed by atoms with Crippen LogP contribution >= 0.6 is 0 Å². The minimum atomic E-state index is -0.573. The summed E-state index contributed by atoms with van der Waals surface area (Å²) in [5.74, 6) is -2.18. The van der Waals surface area contributed by atoms with Crippen LogP contribution in [0.15, 0.2) is 66.7 Å². The molecule has 2 amide bonds. The Bertz CT molecular complexity index is 1270. The number of aryl methyl sites for hydroxylation is 1. The number of anilines is 2. The van der Waals surface area contributed by atoms with Crippen LogP contribution in [0, 0.1) is 24.5 Å². The van der Waals surface area contributed by atoms with Crippen molar-refractivity contribution in [3.63, 3.8) is 0 Å². The average Bonchev–Trinajstić information content (AvgIpc) is 3.43. The van der Waals surface area contributed by atoms with E-state index in [1.54, 1.807) is 24.0 Å². The van der Waals surface area contributed by atoms with Crippen molar-refractivity contribution in [3.8, 4) is 0 Å². The van der Waals surface area contributed by atoms with Crippen LogP contribution in [0.3, 0.4) is 0 Å². The first-order valence-electron chi connectivity index (χ1n) is 13.4. The molecule has 1 heterocycles.